The summed E-state index contributed by atoms with van der Waals surface area (Å²) in [5.41, 5.74) is 16.1. The molecule has 0 saturated heterocycles. The molecule has 0 saturated carbocycles. The second-order valence-electron chi connectivity index (χ2n) is 29.8. The summed E-state index contributed by atoms with van der Waals surface area (Å²) in [7, 11) is 0. The molecule has 0 aliphatic carbocycles. The zero-order chi connectivity index (χ0) is 83.4. The minimum Gasteiger partial charge on any atom is -0.508 e. The van der Waals surface area contributed by atoms with Crippen LogP contribution in [-0.2, 0) is 93.1 Å². The highest BCUT2D eigenvalue weighted by Crippen LogP contribution is 2.25. The molecule has 2 heterocycles. The maximum atomic E-state index is 14.8. The Morgan fingerprint density at radius 2 is 1.08 bits per heavy atom. The smallest absolute Gasteiger partial charge is 0.303 e. The summed E-state index contributed by atoms with van der Waals surface area (Å²) in [6.07, 6.45) is -0.205. The van der Waals surface area contributed by atoms with Gasteiger partial charge in [0, 0.05) is 72.9 Å². The molecule has 12 amide bonds. The molecule has 33 nitrogen and oxygen atoms in total. The second kappa shape index (κ2) is 43.5. The van der Waals surface area contributed by atoms with E-state index in [1.807, 2.05) is 24.3 Å². The maximum absolute atomic E-state index is 14.8. The van der Waals surface area contributed by atoms with Crippen molar-refractivity contribution in [2.75, 3.05) is 18.1 Å². The summed E-state index contributed by atoms with van der Waals surface area (Å²) in [5.74, 6) is -11.3. The molecular weight excluding hydrogens is 1490 g/mol. The van der Waals surface area contributed by atoms with E-state index in [0.29, 0.717) is 64.4 Å². The highest BCUT2D eigenvalue weighted by Gasteiger charge is 2.44. The number of unbranched alkanes of at least 4 members (excludes halogenated alkanes) is 1. The van der Waals surface area contributed by atoms with Gasteiger partial charge >= 0.3 is 5.97 Å². The molecule has 612 valence electrons. The van der Waals surface area contributed by atoms with Crippen LogP contribution in [0.5, 0.6) is 11.5 Å². The van der Waals surface area contributed by atoms with Gasteiger partial charge in [0.15, 0.2) is 0 Å². The van der Waals surface area contributed by atoms with E-state index in [4.69, 9.17) is 17.2 Å². The van der Waals surface area contributed by atoms with E-state index in [-0.39, 0.29) is 55.8 Å². The Kier molecular flexibility index (Phi) is 35.8. The summed E-state index contributed by atoms with van der Waals surface area (Å²) < 4.78 is 0. The van der Waals surface area contributed by atoms with Gasteiger partial charge in [-0.3, -0.25) is 62.3 Å². The zero-order valence-corrected chi connectivity index (χ0v) is 66.4. The molecule has 112 heavy (non-hydrogen) atoms. The van der Waals surface area contributed by atoms with Gasteiger partial charge in [0.05, 0.1) is 18.6 Å². The van der Waals surface area contributed by atoms with E-state index in [0.717, 1.165) is 11.1 Å². The number of nitrogens with one attached hydrogen (secondary N) is 11. The Hall–Kier alpha value is -10.4. The van der Waals surface area contributed by atoms with Crippen LogP contribution in [-0.4, -0.2) is 202 Å². The number of primary amides is 2. The number of carboxylic acid groups (broad SMARTS) is 1. The third-order valence-corrected chi connectivity index (χ3v) is 20.6. The number of benzene rings is 3. The van der Waals surface area contributed by atoms with Crippen LogP contribution in [0.3, 0.4) is 0 Å². The number of aliphatic hydroxyl groups is 2. The van der Waals surface area contributed by atoms with Crippen molar-refractivity contribution < 1.29 is 87.9 Å². The lowest BCUT2D eigenvalue weighted by Crippen LogP contribution is -2.67. The first-order valence-corrected chi connectivity index (χ1v) is 39.0. The van der Waals surface area contributed by atoms with Crippen molar-refractivity contribution in [2.45, 2.75) is 217 Å². The van der Waals surface area contributed by atoms with E-state index < -0.39 is 173 Å². The fourth-order valence-corrected chi connectivity index (χ4v) is 13.4. The number of fused-ring (bicyclic) bond motifs is 1. The number of rotatable bonds is 46. The molecule has 5 aromatic rings. The van der Waals surface area contributed by atoms with Crippen LogP contribution in [0, 0.1) is 11.3 Å². The number of aliphatic carboxylic acids is 1. The van der Waals surface area contributed by atoms with E-state index in [2.05, 4.69) is 63.1 Å². The van der Waals surface area contributed by atoms with E-state index in [1.165, 1.54) is 94.5 Å². The van der Waals surface area contributed by atoms with Crippen LogP contribution in [0.25, 0.3) is 11.0 Å². The van der Waals surface area contributed by atoms with Gasteiger partial charge in [-0.05, 0) is 142 Å². The number of aliphatic hydroxyl groups excluding tert-OH is 2. The van der Waals surface area contributed by atoms with Gasteiger partial charge in [0.2, 0.25) is 70.9 Å². The SMILES string of the molecule is CC(C)[C@](C)(NC(=O)[C@H](Cc1ccc(O)cc1)NC(=O)[C@H](CCC(=O)O)NC(=O)C(C)(C)NC(=O)[C@H](Cc1c[nH]c2ncccc12)NC(=O)C[C@@H](C)O)C(=O)N[C@H](C(=O)N[C@H](CSCc1cccc(CSCCC(=O)N[C@H](C(=O)N[C@@H](Cc2ccc(O)cc2)C(=O)N[C@@H](CCCCN)C(N)=O)C(C)(C)C)c1)C(N)=O)[C@@H](C)O. The molecular formula is C77H109N15O18S2. The van der Waals surface area contributed by atoms with Gasteiger partial charge in [-0.2, -0.15) is 23.5 Å². The number of thioether (sulfide) groups is 2. The number of pyridine rings is 1. The minimum atomic E-state index is -1.96. The first kappa shape index (κ1) is 92.2. The molecule has 0 aliphatic heterocycles. The number of aromatic hydroxyl groups is 2. The lowest BCUT2D eigenvalue weighted by Gasteiger charge is -2.36. The molecule has 3 aromatic carbocycles. The summed E-state index contributed by atoms with van der Waals surface area (Å²) in [5, 5.41) is 77.6. The molecule has 5 rings (SSSR count). The Labute approximate surface area is 659 Å². The van der Waals surface area contributed by atoms with Crippen molar-refractivity contribution in [3.63, 3.8) is 0 Å². The lowest BCUT2D eigenvalue weighted by molar-refractivity contribution is -0.140. The Bertz CT molecular complexity index is 4080. The molecule has 11 atom stereocenters. The standard InChI is InChI=1S/C77H109N15O18S2/c1-42(2)77(10,92-70(106)56(36-46-21-25-51(96)26-22-46)85-67(103)54(27-28-61(99)100)88-73(109)76(8,9)91-69(105)57(83-60(98)33-43(3)93)37-49-38-82-66-52(49)17-14-31-81-66)74(110)90-62(44(4)94)71(107)87-58(65(80)102)41-112-40-48-16-13-15-47(34-48)39-111-32-29-59(97)89-63(75(5,6)7)72(108)86-55(35-45-19-23-50(95)24-20-45)68(104)84-53(64(79)101)18-11-12-30-78/h13-17,19-26,31,34,38,42-44,53-58,62-63,93-96H,11-12,18,27-30,32-33,35-37,39-41,78H2,1-10H3,(H2,79,101)(H2,80,102)(H,81,82)(H,83,98)(H,84,104)(H,85,103)(H,86,108)(H,87,107)(H,88,109)(H,89,97)(H,90,110)(H,91,105)(H,92,106)(H,99,100)/t43-,44-,53+,54+,55+,56+,57+,58-,62+,63-,77+/m1/s1. The summed E-state index contributed by atoms with van der Waals surface area (Å²) in [6, 6.07) is 11.4. The molecule has 0 unspecified atom stereocenters. The van der Waals surface area contributed by atoms with Crippen molar-refractivity contribution >= 4 is 111 Å². The molecule has 2 aromatic heterocycles. The third-order valence-electron chi connectivity index (χ3n) is 18.4. The molecule has 0 bridgehead atoms. The number of nitrogens with two attached hydrogens (primary N) is 3. The zero-order valence-electron chi connectivity index (χ0n) is 64.7. The van der Waals surface area contributed by atoms with Crippen LogP contribution in [0.15, 0.2) is 97.3 Å². The maximum Gasteiger partial charge on any atom is 0.303 e. The Morgan fingerprint density at radius 1 is 0.536 bits per heavy atom. The number of aromatic nitrogens is 2. The first-order valence-electron chi connectivity index (χ1n) is 36.7. The van der Waals surface area contributed by atoms with Crippen LogP contribution in [0.2, 0.25) is 0 Å². The van der Waals surface area contributed by atoms with Gasteiger partial charge in [0.25, 0.3) is 0 Å². The van der Waals surface area contributed by atoms with E-state index in [1.54, 1.807) is 71.3 Å². The highest BCUT2D eigenvalue weighted by atomic mass is 32.2. The monoisotopic (exact) mass is 1600 g/mol. The number of carboxylic acids is 1. The third kappa shape index (κ3) is 29.7. The van der Waals surface area contributed by atoms with E-state index in [9.17, 15) is 87.9 Å². The topological polar surface area (TPSA) is 550 Å². The largest absolute Gasteiger partial charge is 0.508 e. The average Bonchev–Trinajstić information content (AvgIpc) is 0.981. The number of carbonyl (C=O) groups is 13. The number of carbonyl (C=O) groups excluding carboxylic acids is 12. The Morgan fingerprint density at radius 3 is 1.63 bits per heavy atom. The van der Waals surface area contributed by atoms with Gasteiger partial charge in [-0.15, -0.1) is 0 Å². The molecule has 0 fully saturated rings. The summed E-state index contributed by atoms with van der Waals surface area (Å²) in [6.45, 7) is 15.3. The lowest BCUT2D eigenvalue weighted by atomic mass is 9.85. The van der Waals surface area contributed by atoms with Crippen LogP contribution >= 0.6 is 23.5 Å². The van der Waals surface area contributed by atoms with Crippen molar-refractivity contribution in [3.05, 3.63) is 125 Å². The summed E-state index contributed by atoms with van der Waals surface area (Å²) in [4.78, 5) is 185. The van der Waals surface area contributed by atoms with Crippen LogP contribution in [0.1, 0.15) is 142 Å². The number of aromatic amines is 1. The quantitative estimate of drug-likeness (QED) is 0.0242. The van der Waals surface area contributed by atoms with Crippen molar-refractivity contribution in [1.29, 1.82) is 0 Å². The first-order chi connectivity index (χ1) is 52.6. The number of amides is 12. The van der Waals surface area contributed by atoms with E-state index >= 15 is 0 Å². The molecule has 0 aliphatic rings. The van der Waals surface area contributed by atoms with Gasteiger partial charge in [0.1, 0.15) is 76.6 Å². The molecule has 22 N–H and O–H groups in total. The van der Waals surface area contributed by atoms with Crippen LogP contribution < -0.4 is 70.4 Å². The fraction of sp³-hybridized carbons (Fsp3) is 0.506. The number of hydrogen-bond acceptors (Lipinski definition) is 21. The Balaban J connectivity index is 1.21. The minimum absolute atomic E-state index is 0.00756. The van der Waals surface area contributed by atoms with Crippen molar-refractivity contribution in [3.8, 4) is 11.5 Å². The number of hydrogen-bond donors (Lipinski definition) is 19. The van der Waals surface area contributed by atoms with Crippen molar-refractivity contribution in [1.82, 2.24) is 63.1 Å². The highest BCUT2D eigenvalue weighted by molar-refractivity contribution is 7.98. The van der Waals surface area contributed by atoms with Gasteiger partial charge in [-0.1, -0.05) is 83.1 Å². The number of nitrogens with zero attached hydrogens (tertiary/aromatic N) is 1. The van der Waals surface area contributed by atoms with Crippen LogP contribution in [0.4, 0.5) is 0 Å². The second-order valence-corrected chi connectivity index (χ2v) is 31.9. The predicted molar refractivity (Wildman–Crippen MR) is 421 cm³/mol. The number of phenols is 2. The predicted octanol–water partition coefficient (Wildman–Crippen LogP) is 1.02. The normalized spacial score (nSPS) is 14.8. The molecule has 0 spiro atoms. The fourth-order valence-electron chi connectivity index (χ4n) is 11.5. The number of phenolic OH excluding ortho intramolecular Hbond substituents is 2. The van der Waals surface area contributed by atoms with Gasteiger partial charge < -0.3 is 101 Å². The van der Waals surface area contributed by atoms with Gasteiger partial charge in [-0.25, -0.2) is 4.98 Å². The summed E-state index contributed by atoms with van der Waals surface area (Å²) >= 11 is 2.69. The number of H-pyrrole nitrogens is 1. The van der Waals surface area contributed by atoms with Crippen molar-refractivity contribution in [2.24, 2.45) is 28.5 Å². The molecule has 35 heteroatoms. The average molecular weight is 1600 g/mol. The molecule has 0 radical (unpaired) electrons.